The van der Waals surface area contributed by atoms with E-state index in [9.17, 15) is 28.5 Å². The minimum atomic E-state index is -5.65. The largest absolute Gasteiger partial charge is 0.490 e. The molecule has 1 radical (unpaired) electrons. The Hall–Kier alpha value is -0.320. The van der Waals surface area contributed by atoms with Crippen LogP contribution < -0.4 is 5.56 Å². The molecule has 0 aliphatic carbocycles. The molecule has 5 unspecified atom stereocenters. The maximum absolute atomic E-state index is 11.7. The zero-order valence-electron chi connectivity index (χ0n) is 15.5. The molecule has 0 amide bonds. The van der Waals surface area contributed by atoms with Crippen molar-refractivity contribution in [2.45, 2.75) is 24.9 Å². The first kappa shape index (κ1) is 26.9. The van der Waals surface area contributed by atoms with E-state index in [0.29, 0.717) is 0 Å². The van der Waals surface area contributed by atoms with Crippen molar-refractivity contribution < 1.29 is 56.3 Å². The van der Waals surface area contributed by atoms with Gasteiger partial charge in [0.05, 0.1) is 25.4 Å². The average Bonchev–Trinajstić information content (AvgIpc) is 3.14. The van der Waals surface area contributed by atoms with Gasteiger partial charge in [-0.1, -0.05) is 0 Å². The molecule has 1 fully saturated rings. The first-order valence-electron chi connectivity index (χ1n) is 7.78. The van der Waals surface area contributed by atoms with Gasteiger partial charge in [-0.3, -0.25) is 13.9 Å². The van der Waals surface area contributed by atoms with E-state index in [-0.39, 0.29) is 47.1 Å². The fraction of sp³-hybridized carbons (Fsp3) is 0.500. The summed E-state index contributed by atoms with van der Waals surface area (Å²) < 4.78 is 52.1. The number of fused-ring (bicyclic) bond motifs is 1. The van der Waals surface area contributed by atoms with E-state index in [2.05, 4.69) is 28.1 Å². The SMILES string of the molecule is O=c1[nH]cnc2c1ncn2C1CC(O)C(COP(=O)(O)OP(=O)(O)OP(=O)(O)O)O1.[Na]. The number of nitrogens with one attached hydrogen (secondary N) is 1. The van der Waals surface area contributed by atoms with Crippen LogP contribution in [0, 0.1) is 0 Å². The summed E-state index contributed by atoms with van der Waals surface area (Å²) in [5.41, 5.74) is -0.321. The van der Waals surface area contributed by atoms with Crippen molar-refractivity contribution in [2.75, 3.05) is 6.61 Å². The second-order valence-corrected chi connectivity index (χ2v) is 10.3. The Labute approximate surface area is 194 Å². The van der Waals surface area contributed by atoms with Gasteiger partial charge < -0.3 is 34.4 Å². The van der Waals surface area contributed by atoms with Crippen LogP contribution in [0.5, 0.6) is 0 Å². The van der Waals surface area contributed by atoms with Crippen LogP contribution in [0.15, 0.2) is 17.4 Å². The Morgan fingerprint density at radius 2 is 1.84 bits per heavy atom. The van der Waals surface area contributed by atoms with E-state index >= 15 is 0 Å². The minimum absolute atomic E-state index is 0. The predicted octanol–water partition coefficient (Wildman–Crippen LogP) is -1.27. The van der Waals surface area contributed by atoms with Crippen LogP contribution in [-0.2, 0) is 31.6 Å². The van der Waals surface area contributed by atoms with E-state index in [1.54, 1.807) is 0 Å². The number of phosphoric acid groups is 3. The Bertz CT molecular complexity index is 1130. The molecule has 1 saturated heterocycles. The number of aliphatic hydroxyl groups excluding tert-OH is 1. The molecule has 1 aliphatic rings. The number of imidazole rings is 1. The van der Waals surface area contributed by atoms with Gasteiger partial charge in [-0.15, -0.1) is 0 Å². The van der Waals surface area contributed by atoms with E-state index in [0.717, 1.165) is 6.33 Å². The molecule has 2 aromatic heterocycles. The zero-order valence-corrected chi connectivity index (χ0v) is 20.2. The second kappa shape index (κ2) is 9.89. The summed E-state index contributed by atoms with van der Waals surface area (Å²) in [6, 6.07) is 0. The van der Waals surface area contributed by atoms with Gasteiger partial charge in [0.15, 0.2) is 11.2 Å². The van der Waals surface area contributed by atoms with Crippen LogP contribution in [0.2, 0.25) is 0 Å². The van der Waals surface area contributed by atoms with Gasteiger partial charge in [0, 0.05) is 36.0 Å². The number of nitrogens with zero attached hydrogens (tertiary/aromatic N) is 3. The predicted molar refractivity (Wildman–Crippen MR) is 98.3 cm³/mol. The number of hydrogen-bond acceptors (Lipinski definition) is 11. The fourth-order valence-corrected chi connectivity index (χ4v) is 5.61. The first-order valence-corrected chi connectivity index (χ1v) is 12.3. The third kappa shape index (κ3) is 7.08. The van der Waals surface area contributed by atoms with Crippen molar-refractivity contribution in [3.63, 3.8) is 0 Å². The van der Waals surface area contributed by atoms with Crippen LogP contribution in [-0.4, -0.2) is 92.6 Å². The van der Waals surface area contributed by atoms with Crippen molar-refractivity contribution >= 4 is 64.2 Å². The number of aromatic amines is 1. The maximum Gasteiger partial charge on any atom is 0.490 e. The molecule has 6 N–H and O–H groups in total. The van der Waals surface area contributed by atoms with Gasteiger partial charge in [-0.25, -0.2) is 23.7 Å². The van der Waals surface area contributed by atoms with Crippen molar-refractivity contribution in [3.05, 3.63) is 23.0 Å². The molecule has 17 nitrogen and oxygen atoms in total. The standard InChI is InChI=1S/C10H15N4O13P3.Na/c15-5-1-7(14-4-13-8-9(14)11-3-12-10(8)16)25-6(5)2-24-29(20,21)27-30(22,23)26-28(17,18)19;/h3-7,15H,1-2H2,(H,20,21)(H,22,23)(H,11,12,16)(H2,17,18,19);. The number of phosphoric ester groups is 1. The molecule has 31 heavy (non-hydrogen) atoms. The Morgan fingerprint density at radius 1 is 1.16 bits per heavy atom. The monoisotopic (exact) mass is 515 g/mol. The van der Waals surface area contributed by atoms with Crippen LogP contribution in [0.25, 0.3) is 11.2 Å². The zero-order chi connectivity index (χ0) is 22.3. The van der Waals surface area contributed by atoms with E-state index in [1.165, 1.54) is 10.9 Å². The molecule has 21 heteroatoms. The summed E-state index contributed by atoms with van der Waals surface area (Å²) in [5.74, 6) is 0. The van der Waals surface area contributed by atoms with E-state index in [1.807, 2.05) is 0 Å². The van der Waals surface area contributed by atoms with Crippen LogP contribution in [0.1, 0.15) is 12.6 Å². The molecular weight excluding hydrogens is 500 g/mol. The number of hydrogen-bond donors (Lipinski definition) is 6. The Morgan fingerprint density at radius 3 is 2.48 bits per heavy atom. The first-order chi connectivity index (χ1) is 13.8. The van der Waals surface area contributed by atoms with Crippen molar-refractivity contribution in [3.8, 4) is 0 Å². The Balaban J connectivity index is 0.00000341. The molecule has 1 aliphatic heterocycles. The Kier molecular flexibility index (Phi) is 8.59. The smallest absolute Gasteiger partial charge is 0.390 e. The van der Waals surface area contributed by atoms with Gasteiger partial charge in [0.25, 0.3) is 5.56 Å². The second-order valence-electron chi connectivity index (χ2n) is 5.87. The van der Waals surface area contributed by atoms with Gasteiger partial charge in [-0.05, 0) is 0 Å². The average molecular weight is 515 g/mol. The molecule has 0 aromatic carbocycles. The van der Waals surface area contributed by atoms with Crippen molar-refractivity contribution in [1.29, 1.82) is 0 Å². The molecular formula is C10H15N4NaO13P3. The summed E-state index contributed by atoms with van der Waals surface area (Å²) in [6.07, 6.45) is -1.00. The fourth-order valence-electron chi connectivity index (χ4n) is 2.58. The summed E-state index contributed by atoms with van der Waals surface area (Å²) in [7, 11) is -16.5. The van der Waals surface area contributed by atoms with Gasteiger partial charge >= 0.3 is 23.5 Å². The minimum Gasteiger partial charge on any atom is -0.390 e. The van der Waals surface area contributed by atoms with Gasteiger partial charge in [0.1, 0.15) is 12.3 Å². The molecule has 169 valence electrons. The third-order valence-corrected chi connectivity index (χ3v) is 7.50. The molecule has 0 bridgehead atoms. The van der Waals surface area contributed by atoms with Gasteiger partial charge in [0.2, 0.25) is 0 Å². The summed E-state index contributed by atoms with van der Waals surface area (Å²) in [6.45, 7) is -0.817. The molecule has 5 atom stereocenters. The molecule has 0 saturated carbocycles. The third-order valence-electron chi connectivity index (χ3n) is 3.70. The summed E-state index contributed by atoms with van der Waals surface area (Å²) >= 11 is 0. The van der Waals surface area contributed by atoms with Crippen LogP contribution >= 0.6 is 23.5 Å². The van der Waals surface area contributed by atoms with Gasteiger partial charge in [-0.2, -0.15) is 8.62 Å². The summed E-state index contributed by atoms with van der Waals surface area (Å²) in [5, 5.41) is 10.1. The number of H-pyrrole nitrogens is 1. The molecule has 0 spiro atoms. The number of ether oxygens (including phenoxy) is 1. The van der Waals surface area contributed by atoms with E-state index < -0.39 is 54.1 Å². The molecule has 2 aromatic rings. The van der Waals surface area contributed by atoms with Crippen molar-refractivity contribution in [2.24, 2.45) is 0 Å². The maximum atomic E-state index is 11.7. The molecule has 3 heterocycles. The number of aromatic nitrogens is 4. The molecule has 3 rings (SSSR count). The number of rotatable bonds is 8. The van der Waals surface area contributed by atoms with Crippen molar-refractivity contribution in [1.82, 2.24) is 19.5 Å². The van der Waals surface area contributed by atoms with Crippen LogP contribution in [0.3, 0.4) is 0 Å². The quantitative estimate of drug-likeness (QED) is 0.177. The number of aliphatic hydroxyl groups is 1. The summed E-state index contributed by atoms with van der Waals surface area (Å²) in [4.78, 5) is 57.4. The topological polar surface area (TPSA) is 253 Å². The van der Waals surface area contributed by atoms with Crippen LogP contribution in [0.4, 0.5) is 0 Å². The van der Waals surface area contributed by atoms with E-state index in [4.69, 9.17) is 19.4 Å². The normalized spacial score (nSPS) is 25.6.